The van der Waals surface area contributed by atoms with Gasteiger partial charge in [-0.2, -0.15) is 0 Å². The molecule has 4 nitrogen and oxygen atoms in total. The first-order valence-corrected chi connectivity index (χ1v) is 7.60. The van der Waals surface area contributed by atoms with Gasteiger partial charge in [-0.15, -0.1) is 11.6 Å². The van der Waals surface area contributed by atoms with Crippen LogP contribution in [0.1, 0.15) is 18.7 Å². The van der Waals surface area contributed by atoms with Crippen molar-refractivity contribution in [1.29, 1.82) is 0 Å². The number of carbonyl (C=O) groups excluding carboxylic acids is 1. The normalized spacial score (nSPS) is 14.8. The Morgan fingerprint density at radius 1 is 1.55 bits per heavy atom. The van der Waals surface area contributed by atoms with Crippen LogP contribution in [0, 0.1) is 5.82 Å². The van der Waals surface area contributed by atoms with Gasteiger partial charge in [0.25, 0.3) is 0 Å². The van der Waals surface area contributed by atoms with Crippen LogP contribution in [0.3, 0.4) is 0 Å². The maximum absolute atomic E-state index is 13.5. The topological polar surface area (TPSA) is 46.9 Å². The van der Waals surface area contributed by atoms with Gasteiger partial charge in [-0.25, -0.2) is 9.37 Å². The van der Waals surface area contributed by atoms with Gasteiger partial charge in [-0.3, -0.25) is 4.79 Å². The Hall–Kier alpha value is -1.14. The quantitative estimate of drug-likeness (QED) is 0.852. The standard InChI is InChI=1S/C13H12BrClFN3O/c14-8-3-11-10(4-9(8)16)18-12(5-15)19(11)6-13(20)17-7-1-2-7/h3-4,7H,1-2,5-6H2,(H,17,20). The van der Waals surface area contributed by atoms with Crippen molar-refractivity contribution in [2.75, 3.05) is 0 Å². The number of halogens is 3. The Labute approximate surface area is 128 Å². The number of nitrogens with one attached hydrogen (secondary N) is 1. The monoisotopic (exact) mass is 359 g/mol. The van der Waals surface area contributed by atoms with Crippen molar-refractivity contribution in [2.24, 2.45) is 0 Å². The first-order chi connectivity index (χ1) is 9.58. The van der Waals surface area contributed by atoms with Crippen molar-refractivity contribution in [3.8, 4) is 0 Å². The summed E-state index contributed by atoms with van der Waals surface area (Å²) in [6.45, 7) is 0.146. The van der Waals surface area contributed by atoms with Crippen LogP contribution in [0.4, 0.5) is 4.39 Å². The third-order valence-electron chi connectivity index (χ3n) is 3.23. The zero-order chi connectivity index (χ0) is 14.3. The number of imidazole rings is 1. The van der Waals surface area contributed by atoms with Gasteiger partial charge >= 0.3 is 0 Å². The summed E-state index contributed by atoms with van der Waals surface area (Å²) in [6.07, 6.45) is 2.07. The third kappa shape index (κ3) is 2.67. The fraction of sp³-hybridized carbons (Fsp3) is 0.385. The number of hydrogen-bond acceptors (Lipinski definition) is 2. The summed E-state index contributed by atoms with van der Waals surface area (Å²) < 4.78 is 15.6. The SMILES string of the molecule is O=C(Cn1c(CCl)nc2cc(F)c(Br)cc21)NC1CC1. The molecule has 0 aliphatic heterocycles. The molecule has 3 rings (SSSR count). The average Bonchev–Trinajstić information content (AvgIpc) is 3.15. The van der Waals surface area contributed by atoms with Gasteiger partial charge in [0.2, 0.25) is 5.91 Å². The second kappa shape index (κ2) is 5.33. The molecule has 2 aromatic rings. The lowest BCUT2D eigenvalue weighted by Crippen LogP contribution is -2.29. The number of nitrogens with zero attached hydrogens (tertiary/aromatic N) is 2. The molecule has 0 unspecified atom stereocenters. The van der Waals surface area contributed by atoms with Crippen molar-refractivity contribution < 1.29 is 9.18 Å². The minimum Gasteiger partial charge on any atom is -0.352 e. The van der Waals surface area contributed by atoms with E-state index in [0.717, 1.165) is 12.8 Å². The zero-order valence-electron chi connectivity index (χ0n) is 10.5. The van der Waals surface area contributed by atoms with E-state index in [-0.39, 0.29) is 24.1 Å². The summed E-state index contributed by atoms with van der Waals surface area (Å²) in [4.78, 5) is 16.2. The number of carbonyl (C=O) groups is 1. The Morgan fingerprint density at radius 3 is 2.95 bits per heavy atom. The van der Waals surface area contributed by atoms with Crippen LogP contribution in [0.2, 0.25) is 0 Å². The Bertz CT molecular complexity index is 684. The number of hydrogen-bond donors (Lipinski definition) is 1. The van der Waals surface area contributed by atoms with Gasteiger partial charge in [0.1, 0.15) is 18.2 Å². The lowest BCUT2D eigenvalue weighted by atomic mass is 10.3. The van der Waals surface area contributed by atoms with E-state index in [1.165, 1.54) is 6.07 Å². The highest BCUT2D eigenvalue weighted by Crippen LogP contribution is 2.25. The molecule has 1 amide bonds. The predicted octanol–water partition coefficient (Wildman–Crippen LogP) is 2.96. The summed E-state index contributed by atoms with van der Waals surface area (Å²) in [5.41, 5.74) is 1.19. The van der Waals surface area contributed by atoms with E-state index >= 15 is 0 Å². The summed E-state index contributed by atoms with van der Waals surface area (Å²) in [5.74, 6) is 0.277. The van der Waals surface area contributed by atoms with E-state index < -0.39 is 0 Å². The van der Waals surface area contributed by atoms with Crippen LogP contribution in [0.5, 0.6) is 0 Å². The molecule has 1 aromatic heterocycles. The summed E-state index contributed by atoms with van der Waals surface area (Å²) >= 11 is 9.01. The Balaban J connectivity index is 1.98. The molecule has 1 saturated carbocycles. The van der Waals surface area contributed by atoms with Gasteiger partial charge in [0, 0.05) is 12.1 Å². The van der Waals surface area contributed by atoms with Gasteiger partial charge < -0.3 is 9.88 Å². The van der Waals surface area contributed by atoms with Gasteiger partial charge in [-0.05, 0) is 34.8 Å². The molecule has 0 atom stereocenters. The van der Waals surface area contributed by atoms with Crippen molar-refractivity contribution in [3.05, 3.63) is 28.2 Å². The molecule has 0 spiro atoms. The summed E-state index contributed by atoms with van der Waals surface area (Å²) in [6, 6.07) is 3.27. The van der Waals surface area contributed by atoms with Gasteiger partial charge in [-0.1, -0.05) is 0 Å². The van der Waals surface area contributed by atoms with E-state index in [9.17, 15) is 9.18 Å². The van der Waals surface area contributed by atoms with Crippen molar-refractivity contribution in [1.82, 2.24) is 14.9 Å². The first kappa shape index (κ1) is 13.8. The maximum Gasteiger partial charge on any atom is 0.240 e. The number of benzene rings is 1. The number of rotatable bonds is 4. The molecule has 0 bridgehead atoms. The fourth-order valence-corrected chi connectivity index (χ4v) is 2.63. The van der Waals surface area contributed by atoms with Crippen molar-refractivity contribution in [3.63, 3.8) is 0 Å². The average molecular weight is 361 g/mol. The highest BCUT2D eigenvalue weighted by Gasteiger charge is 2.24. The van der Waals surface area contributed by atoms with Crippen molar-refractivity contribution >= 4 is 44.5 Å². The molecule has 106 valence electrons. The molecule has 1 aromatic carbocycles. The summed E-state index contributed by atoms with van der Waals surface area (Å²) in [7, 11) is 0. The van der Waals surface area contributed by atoms with Crippen LogP contribution in [-0.2, 0) is 17.2 Å². The molecule has 7 heteroatoms. The molecule has 0 saturated heterocycles. The lowest BCUT2D eigenvalue weighted by molar-refractivity contribution is -0.121. The maximum atomic E-state index is 13.5. The second-order valence-corrected chi connectivity index (χ2v) is 5.97. The molecule has 1 aliphatic rings. The van der Waals surface area contributed by atoms with Crippen LogP contribution in [-0.4, -0.2) is 21.5 Å². The van der Waals surface area contributed by atoms with E-state index in [0.29, 0.717) is 27.4 Å². The summed E-state index contributed by atoms with van der Waals surface area (Å²) in [5, 5.41) is 2.92. The van der Waals surface area contributed by atoms with Crippen LogP contribution < -0.4 is 5.32 Å². The Kier molecular flexibility index (Phi) is 3.69. The number of fused-ring (bicyclic) bond motifs is 1. The minimum absolute atomic E-state index is 0.0707. The molecule has 0 radical (unpaired) electrons. The number of alkyl halides is 1. The molecular weight excluding hydrogens is 349 g/mol. The number of aromatic nitrogens is 2. The van der Waals surface area contributed by atoms with Crippen molar-refractivity contribution in [2.45, 2.75) is 31.3 Å². The highest BCUT2D eigenvalue weighted by atomic mass is 79.9. The Morgan fingerprint density at radius 2 is 2.30 bits per heavy atom. The molecule has 20 heavy (non-hydrogen) atoms. The predicted molar refractivity (Wildman–Crippen MR) is 78.1 cm³/mol. The third-order valence-corrected chi connectivity index (χ3v) is 4.08. The van der Waals surface area contributed by atoms with Crippen LogP contribution >= 0.6 is 27.5 Å². The smallest absolute Gasteiger partial charge is 0.240 e. The zero-order valence-corrected chi connectivity index (χ0v) is 12.8. The van der Waals surface area contributed by atoms with E-state index in [2.05, 4.69) is 26.2 Å². The first-order valence-electron chi connectivity index (χ1n) is 6.28. The molecular formula is C13H12BrClFN3O. The second-order valence-electron chi connectivity index (χ2n) is 4.84. The number of amides is 1. The molecule has 1 N–H and O–H groups in total. The van der Waals surface area contributed by atoms with Crippen LogP contribution in [0.25, 0.3) is 11.0 Å². The molecule has 1 aliphatic carbocycles. The molecule has 1 heterocycles. The van der Waals surface area contributed by atoms with E-state index in [1.807, 2.05) is 0 Å². The van der Waals surface area contributed by atoms with Gasteiger partial charge in [0.05, 0.1) is 21.4 Å². The largest absolute Gasteiger partial charge is 0.352 e. The fourth-order valence-electron chi connectivity index (χ4n) is 2.09. The van der Waals surface area contributed by atoms with Crippen LogP contribution in [0.15, 0.2) is 16.6 Å². The highest BCUT2D eigenvalue weighted by molar-refractivity contribution is 9.10. The van der Waals surface area contributed by atoms with Gasteiger partial charge in [0.15, 0.2) is 0 Å². The van der Waals surface area contributed by atoms with E-state index in [4.69, 9.17) is 11.6 Å². The minimum atomic E-state index is -0.384. The lowest BCUT2D eigenvalue weighted by Gasteiger charge is -2.08. The molecule has 1 fully saturated rings. The van der Waals surface area contributed by atoms with E-state index in [1.54, 1.807) is 10.6 Å².